The number of aryl methyl sites for hydroxylation is 1. The zero-order valence-electron chi connectivity index (χ0n) is 14.3. The van der Waals surface area contributed by atoms with Gasteiger partial charge in [-0.1, -0.05) is 6.07 Å². The van der Waals surface area contributed by atoms with Crippen LogP contribution in [0.2, 0.25) is 0 Å². The zero-order chi connectivity index (χ0) is 19.6. The monoisotopic (exact) mass is 370 g/mol. The van der Waals surface area contributed by atoms with E-state index >= 15 is 0 Å². The maximum Gasteiger partial charge on any atom is 0.416 e. The molecule has 2 rings (SSSR count). The summed E-state index contributed by atoms with van der Waals surface area (Å²) in [5.74, 6) is -0.574. The lowest BCUT2D eigenvalue weighted by molar-refractivity contribution is -0.142. The molecule has 0 amide bonds. The number of alkyl halides is 3. The fourth-order valence-corrected chi connectivity index (χ4v) is 2.52. The van der Waals surface area contributed by atoms with Gasteiger partial charge in [0.05, 0.1) is 17.3 Å². The third kappa shape index (κ3) is 4.04. The van der Waals surface area contributed by atoms with Crippen molar-refractivity contribution in [3.05, 3.63) is 62.4 Å². The van der Waals surface area contributed by atoms with Gasteiger partial charge in [0.2, 0.25) is 0 Å². The van der Waals surface area contributed by atoms with Crippen molar-refractivity contribution in [2.45, 2.75) is 33.0 Å². The van der Waals surface area contributed by atoms with Crippen LogP contribution in [-0.2, 0) is 15.7 Å². The van der Waals surface area contributed by atoms with Crippen LogP contribution >= 0.6 is 0 Å². The molecule has 1 heterocycles. The minimum absolute atomic E-state index is 0.0178. The lowest BCUT2D eigenvalue weighted by atomic mass is 10.2. The fraction of sp³-hybridized carbons (Fsp3) is 0.353. The maximum absolute atomic E-state index is 12.9. The Morgan fingerprint density at radius 3 is 2.46 bits per heavy atom. The summed E-state index contributed by atoms with van der Waals surface area (Å²) in [6.07, 6.45) is -4.56. The molecule has 9 heteroatoms. The Hall–Kier alpha value is -2.84. The molecule has 1 aromatic heterocycles. The van der Waals surface area contributed by atoms with Gasteiger partial charge < -0.3 is 4.74 Å². The predicted octanol–water partition coefficient (Wildman–Crippen LogP) is 2.45. The number of benzene rings is 1. The number of esters is 1. The number of hydrogen-bond donors (Lipinski definition) is 0. The molecule has 1 aromatic carbocycles. The number of carbonyl (C=O) groups excluding carboxylic acids is 1. The number of ether oxygens (including phenoxy) is 1. The van der Waals surface area contributed by atoms with E-state index in [0.29, 0.717) is 0 Å². The van der Waals surface area contributed by atoms with Crippen LogP contribution in [-0.4, -0.2) is 21.7 Å². The van der Waals surface area contributed by atoms with Gasteiger partial charge in [-0.3, -0.25) is 18.7 Å². The highest BCUT2D eigenvalue weighted by molar-refractivity contribution is 5.65. The summed E-state index contributed by atoms with van der Waals surface area (Å²) in [4.78, 5) is 35.9. The van der Waals surface area contributed by atoms with Crippen LogP contribution in [0.25, 0.3) is 5.69 Å². The quantitative estimate of drug-likeness (QED) is 0.776. The number of nitrogens with zero attached hydrogens (tertiary/aromatic N) is 2. The van der Waals surface area contributed by atoms with E-state index in [4.69, 9.17) is 4.74 Å². The highest BCUT2D eigenvalue weighted by Gasteiger charge is 2.30. The van der Waals surface area contributed by atoms with E-state index in [1.165, 1.54) is 32.9 Å². The largest absolute Gasteiger partial charge is 0.464 e. The van der Waals surface area contributed by atoms with Gasteiger partial charge in [-0.15, -0.1) is 0 Å². The predicted molar refractivity (Wildman–Crippen MR) is 87.4 cm³/mol. The lowest BCUT2D eigenvalue weighted by Gasteiger charge is -2.18. The summed E-state index contributed by atoms with van der Waals surface area (Å²) in [6.45, 7) is 3.92. The molecule has 0 N–H and O–H groups in total. The number of carbonyl (C=O) groups is 1. The number of aromatic nitrogens is 2. The number of halogens is 3. The van der Waals surface area contributed by atoms with Gasteiger partial charge in [0.25, 0.3) is 5.56 Å². The normalized spacial score (nSPS) is 12.7. The molecule has 0 saturated carbocycles. The molecule has 2 aromatic rings. The van der Waals surface area contributed by atoms with Crippen LogP contribution < -0.4 is 11.2 Å². The molecule has 0 radical (unpaired) electrons. The molecular weight excluding hydrogens is 353 g/mol. The van der Waals surface area contributed by atoms with Gasteiger partial charge in [0, 0.05) is 18.7 Å². The highest BCUT2D eigenvalue weighted by atomic mass is 19.4. The van der Waals surface area contributed by atoms with Crippen LogP contribution in [0.4, 0.5) is 13.2 Å². The fourth-order valence-electron chi connectivity index (χ4n) is 2.52. The minimum atomic E-state index is -4.56. The van der Waals surface area contributed by atoms with Gasteiger partial charge in [0.1, 0.15) is 6.61 Å². The van der Waals surface area contributed by atoms with Crippen LogP contribution in [0.3, 0.4) is 0 Å². The van der Waals surface area contributed by atoms with Gasteiger partial charge in [0.15, 0.2) is 0 Å². The average Bonchev–Trinajstić information content (AvgIpc) is 2.52. The first kappa shape index (κ1) is 19.5. The van der Waals surface area contributed by atoms with E-state index < -0.39 is 35.0 Å². The van der Waals surface area contributed by atoms with Gasteiger partial charge >= 0.3 is 17.8 Å². The SMILES string of the molecule is CC(=O)OC[C@@H](C)n1c(=O)cc(C)n(-c2cccc(C(F)(F)F)c2)c1=O. The summed E-state index contributed by atoms with van der Waals surface area (Å²) in [7, 11) is 0. The maximum atomic E-state index is 12.9. The first-order valence-electron chi connectivity index (χ1n) is 7.68. The van der Waals surface area contributed by atoms with Crippen LogP contribution in [0.5, 0.6) is 0 Å². The molecule has 0 aliphatic rings. The first-order valence-corrected chi connectivity index (χ1v) is 7.68. The summed E-state index contributed by atoms with van der Waals surface area (Å²) in [5, 5.41) is 0. The van der Waals surface area contributed by atoms with Crippen molar-refractivity contribution in [1.82, 2.24) is 9.13 Å². The highest BCUT2D eigenvalue weighted by Crippen LogP contribution is 2.30. The van der Waals surface area contributed by atoms with Gasteiger partial charge in [-0.05, 0) is 32.0 Å². The second-order valence-electron chi connectivity index (χ2n) is 5.81. The summed E-state index contributed by atoms with van der Waals surface area (Å²) in [5.41, 5.74) is -2.18. The van der Waals surface area contributed by atoms with Crippen molar-refractivity contribution >= 4 is 5.97 Å². The van der Waals surface area contributed by atoms with E-state index in [1.807, 2.05) is 0 Å². The Labute approximate surface area is 146 Å². The first-order chi connectivity index (χ1) is 12.0. The van der Waals surface area contributed by atoms with Crippen molar-refractivity contribution in [3.8, 4) is 5.69 Å². The van der Waals surface area contributed by atoms with Crippen molar-refractivity contribution in [1.29, 1.82) is 0 Å². The number of hydrogen-bond acceptors (Lipinski definition) is 4. The summed E-state index contributed by atoms with van der Waals surface area (Å²) < 4.78 is 45.5. The number of rotatable bonds is 4. The van der Waals surface area contributed by atoms with Gasteiger partial charge in [-0.2, -0.15) is 13.2 Å². The van der Waals surface area contributed by atoms with Crippen molar-refractivity contribution in [3.63, 3.8) is 0 Å². The Morgan fingerprint density at radius 1 is 1.23 bits per heavy atom. The smallest absolute Gasteiger partial charge is 0.416 e. The molecule has 0 spiro atoms. The second kappa shape index (κ2) is 7.19. The standard InChI is InChI=1S/C17H17F3N2O4/c1-10-7-15(24)22(11(2)9-26-12(3)23)16(25)21(10)14-6-4-5-13(8-14)17(18,19)20/h4-8,11H,9H2,1-3H3/t11-/m1/s1. The Kier molecular flexibility index (Phi) is 5.38. The molecule has 0 aliphatic heterocycles. The molecule has 0 saturated heterocycles. The minimum Gasteiger partial charge on any atom is -0.464 e. The Balaban J connectivity index is 2.61. The lowest BCUT2D eigenvalue weighted by Crippen LogP contribution is -2.42. The van der Waals surface area contributed by atoms with Crippen molar-refractivity contribution in [2.24, 2.45) is 0 Å². The topological polar surface area (TPSA) is 70.3 Å². The average molecular weight is 370 g/mol. The van der Waals surface area contributed by atoms with Crippen molar-refractivity contribution < 1.29 is 22.7 Å². The molecule has 0 aliphatic carbocycles. The van der Waals surface area contributed by atoms with E-state index in [0.717, 1.165) is 27.3 Å². The molecular formula is C17H17F3N2O4. The van der Waals surface area contributed by atoms with Crippen LogP contribution in [0.15, 0.2) is 39.9 Å². The van der Waals surface area contributed by atoms with Crippen LogP contribution in [0.1, 0.15) is 31.1 Å². The molecule has 140 valence electrons. The second-order valence-corrected chi connectivity index (χ2v) is 5.81. The zero-order valence-corrected chi connectivity index (χ0v) is 14.3. The molecule has 0 fully saturated rings. The van der Waals surface area contributed by atoms with Crippen LogP contribution in [0, 0.1) is 6.92 Å². The summed E-state index contributed by atoms with van der Waals surface area (Å²) >= 11 is 0. The summed E-state index contributed by atoms with van der Waals surface area (Å²) in [6, 6.07) is 4.61. The van der Waals surface area contributed by atoms with E-state index in [-0.39, 0.29) is 18.0 Å². The molecule has 0 unspecified atom stereocenters. The Morgan fingerprint density at radius 2 is 1.88 bits per heavy atom. The Bertz CT molecular complexity index is 944. The molecule has 6 nitrogen and oxygen atoms in total. The third-order valence-electron chi connectivity index (χ3n) is 3.72. The third-order valence-corrected chi connectivity index (χ3v) is 3.72. The van der Waals surface area contributed by atoms with E-state index in [2.05, 4.69) is 0 Å². The molecule has 1 atom stereocenters. The van der Waals surface area contributed by atoms with E-state index in [1.54, 1.807) is 0 Å². The van der Waals surface area contributed by atoms with Crippen molar-refractivity contribution in [2.75, 3.05) is 6.61 Å². The van der Waals surface area contributed by atoms with E-state index in [9.17, 15) is 27.6 Å². The molecule has 0 bridgehead atoms. The molecule has 26 heavy (non-hydrogen) atoms. The van der Waals surface area contributed by atoms with Gasteiger partial charge in [-0.25, -0.2) is 4.79 Å².